The van der Waals surface area contributed by atoms with E-state index in [0.717, 1.165) is 19.4 Å². The van der Waals surface area contributed by atoms with Crippen LogP contribution in [0.25, 0.3) is 5.65 Å². The van der Waals surface area contributed by atoms with Gasteiger partial charge in [0.05, 0.1) is 12.3 Å². The summed E-state index contributed by atoms with van der Waals surface area (Å²) in [5.41, 5.74) is 3.19. The van der Waals surface area contributed by atoms with Crippen LogP contribution < -0.4 is 16.0 Å². The fraction of sp³-hybridized carbons (Fsp3) is 0.500. The van der Waals surface area contributed by atoms with Crippen molar-refractivity contribution >= 4 is 11.5 Å². The molecule has 1 atom stereocenters. The molecule has 7 nitrogen and oxygen atoms in total. The summed E-state index contributed by atoms with van der Waals surface area (Å²) in [5.74, 6) is 6.39. The molecule has 0 radical (unpaired) electrons. The third kappa shape index (κ3) is 2.61. The number of anilines is 1. The Hall–Kier alpha value is -1.86. The number of hydrogen-bond acceptors (Lipinski definition) is 6. The van der Waals surface area contributed by atoms with Crippen molar-refractivity contribution in [2.75, 3.05) is 18.6 Å². The van der Waals surface area contributed by atoms with Gasteiger partial charge < -0.3 is 14.9 Å². The number of nitrogens with two attached hydrogens (primary N) is 1. The van der Waals surface area contributed by atoms with E-state index in [-0.39, 0.29) is 6.10 Å². The summed E-state index contributed by atoms with van der Waals surface area (Å²) < 4.78 is 13.2. The van der Waals surface area contributed by atoms with Gasteiger partial charge in [-0.3, -0.25) is 4.40 Å². The van der Waals surface area contributed by atoms with Crippen LogP contribution in [0.4, 0.5) is 5.82 Å². The van der Waals surface area contributed by atoms with Gasteiger partial charge in [-0.15, -0.1) is 0 Å². The van der Waals surface area contributed by atoms with Gasteiger partial charge in [0.25, 0.3) is 5.88 Å². The number of nitrogens with one attached hydrogen (secondary N) is 1. The highest BCUT2D eigenvalue weighted by molar-refractivity contribution is 5.53. The van der Waals surface area contributed by atoms with E-state index in [9.17, 15) is 0 Å². The largest absolute Gasteiger partial charge is 0.472 e. The lowest BCUT2D eigenvalue weighted by Gasteiger charge is -2.22. The van der Waals surface area contributed by atoms with E-state index >= 15 is 0 Å². The summed E-state index contributed by atoms with van der Waals surface area (Å²) >= 11 is 0. The summed E-state index contributed by atoms with van der Waals surface area (Å²) in [6, 6.07) is 0. The molecule has 0 aromatic carbocycles. The average Bonchev–Trinajstić information content (AvgIpc) is 2.94. The number of aromatic nitrogens is 3. The minimum absolute atomic E-state index is 0.139. The molecular weight excluding hydrogens is 246 g/mol. The normalized spacial score (nSPS) is 19.5. The zero-order valence-electron chi connectivity index (χ0n) is 10.6. The number of imidazole rings is 1. The monoisotopic (exact) mass is 263 g/mol. The first kappa shape index (κ1) is 12.2. The van der Waals surface area contributed by atoms with Crippen molar-refractivity contribution in [2.24, 2.45) is 5.84 Å². The Morgan fingerprint density at radius 3 is 3.26 bits per heavy atom. The molecule has 2 aromatic heterocycles. The molecule has 102 valence electrons. The summed E-state index contributed by atoms with van der Waals surface area (Å²) in [4.78, 5) is 8.50. The fourth-order valence-electron chi connectivity index (χ4n) is 2.18. The maximum atomic E-state index is 5.74. The van der Waals surface area contributed by atoms with Gasteiger partial charge in [-0.05, 0) is 19.3 Å². The van der Waals surface area contributed by atoms with Crippen LogP contribution in [0.1, 0.15) is 19.3 Å². The summed E-state index contributed by atoms with van der Waals surface area (Å²) in [6.07, 6.45) is 8.76. The summed E-state index contributed by atoms with van der Waals surface area (Å²) in [6.45, 7) is 1.30. The van der Waals surface area contributed by atoms with Crippen molar-refractivity contribution in [3.63, 3.8) is 0 Å². The molecule has 3 rings (SSSR count). The average molecular weight is 263 g/mol. The number of rotatable bonds is 4. The van der Waals surface area contributed by atoms with Crippen LogP contribution >= 0.6 is 0 Å². The highest BCUT2D eigenvalue weighted by Gasteiger charge is 2.16. The van der Waals surface area contributed by atoms with Gasteiger partial charge in [-0.25, -0.2) is 10.8 Å². The van der Waals surface area contributed by atoms with Crippen LogP contribution in [0.5, 0.6) is 5.88 Å². The van der Waals surface area contributed by atoms with Gasteiger partial charge in [0.1, 0.15) is 6.61 Å². The van der Waals surface area contributed by atoms with Gasteiger partial charge in [0, 0.05) is 19.0 Å². The number of hydrogen-bond donors (Lipinski definition) is 2. The van der Waals surface area contributed by atoms with Crippen molar-refractivity contribution in [1.82, 2.24) is 14.4 Å². The molecule has 1 aliphatic heterocycles. The van der Waals surface area contributed by atoms with Crippen molar-refractivity contribution in [3.8, 4) is 5.88 Å². The maximum absolute atomic E-state index is 5.74. The van der Waals surface area contributed by atoms with Crippen LogP contribution in [-0.2, 0) is 4.74 Å². The van der Waals surface area contributed by atoms with E-state index in [2.05, 4.69) is 15.4 Å². The summed E-state index contributed by atoms with van der Waals surface area (Å²) in [5, 5.41) is 0. The zero-order chi connectivity index (χ0) is 13.1. The van der Waals surface area contributed by atoms with E-state index in [1.54, 1.807) is 12.4 Å². The third-order valence-corrected chi connectivity index (χ3v) is 3.17. The van der Waals surface area contributed by atoms with Crippen molar-refractivity contribution in [3.05, 3.63) is 18.6 Å². The molecule has 19 heavy (non-hydrogen) atoms. The second-order valence-electron chi connectivity index (χ2n) is 4.53. The Morgan fingerprint density at radius 1 is 1.53 bits per heavy atom. The van der Waals surface area contributed by atoms with Crippen molar-refractivity contribution < 1.29 is 9.47 Å². The molecule has 1 fully saturated rings. The number of nitrogens with zero attached hydrogens (tertiary/aromatic N) is 3. The number of ether oxygens (including phenoxy) is 2. The van der Waals surface area contributed by atoms with Crippen LogP contribution in [0.2, 0.25) is 0 Å². The van der Waals surface area contributed by atoms with Crippen LogP contribution in [-0.4, -0.2) is 33.7 Å². The molecule has 0 amide bonds. The minimum Gasteiger partial charge on any atom is -0.472 e. The molecule has 0 saturated carbocycles. The Labute approximate surface area is 110 Å². The topological polar surface area (TPSA) is 86.7 Å². The first-order valence-electron chi connectivity index (χ1n) is 6.41. The molecule has 0 bridgehead atoms. The Morgan fingerprint density at radius 2 is 2.47 bits per heavy atom. The van der Waals surface area contributed by atoms with E-state index in [4.69, 9.17) is 15.3 Å². The first-order chi connectivity index (χ1) is 9.36. The predicted molar refractivity (Wildman–Crippen MR) is 69.9 cm³/mol. The SMILES string of the molecule is NNc1cn2ccnc2c(OCC2CCCCO2)n1. The standard InChI is InChI=1S/C12H17N5O2/c13-16-10-7-17-5-4-14-11(17)12(15-10)19-8-9-3-1-2-6-18-9/h4-5,7,9,16H,1-3,6,8,13H2. The van der Waals surface area contributed by atoms with Gasteiger partial charge in [0.2, 0.25) is 5.65 Å². The molecule has 1 aliphatic rings. The maximum Gasteiger partial charge on any atom is 0.260 e. The lowest BCUT2D eigenvalue weighted by atomic mass is 10.1. The second kappa shape index (κ2) is 5.41. The van der Waals surface area contributed by atoms with Crippen LogP contribution in [0, 0.1) is 0 Å². The van der Waals surface area contributed by atoms with Gasteiger partial charge in [-0.1, -0.05) is 0 Å². The summed E-state index contributed by atoms with van der Waals surface area (Å²) in [7, 11) is 0. The van der Waals surface area contributed by atoms with Crippen molar-refractivity contribution in [1.29, 1.82) is 0 Å². The molecule has 2 aromatic rings. The van der Waals surface area contributed by atoms with E-state index in [1.165, 1.54) is 6.42 Å². The van der Waals surface area contributed by atoms with Crippen LogP contribution in [0.3, 0.4) is 0 Å². The molecule has 0 spiro atoms. The highest BCUT2D eigenvalue weighted by atomic mass is 16.5. The third-order valence-electron chi connectivity index (χ3n) is 3.17. The van der Waals surface area contributed by atoms with E-state index in [0.29, 0.717) is 24.0 Å². The van der Waals surface area contributed by atoms with Gasteiger partial charge in [0.15, 0.2) is 5.82 Å². The molecule has 1 saturated heterocycles. The first-order valence-corrected chi connectivity index (χ1v) is 6.41. The molecule has 3 N–H and O–H groups in total. The predicted octanol–water partition coefficient (Wildman–Crippen LogP) is 0.963. The quantitative estimate of drug-likeness (QED) is 0.631. The number of fused-ring (bicyclic) bond motifs is 1. The second-order valence-corrected chi connectivity index (χ2v) is 4.53. The van der Waals surface area contributed by atoms with Gasteiger partial charge in [-0.2, -0.15) is 4.98 Å². The van der Waals surface area contributed by atoms with Crippen LogP contribution in [0.15, 0.2) is 18.6 Å². The molecule has 7 heteroatoms. The smallest absolute Gasteiger partial charge is 0.260 e. The van der Waals surface area contributed by atoms with Crippen molar-refractivity contribution in [2.45, 2.75) is 25.4 Å². The van der Waals surface area contributed by atoms with Gasteiger partial charge >= 0.3 is 0 Å². The highest BCUT2D eigenvalue weighted by Crippen LogP contribution is 2.20. The van der Waals surface area contributed by atoms with E-state index < -0.39 is 0 Å². The molecular formula is C12H17N5O2. The molecule has 3 heterocycles. The number of nitrogen functional groups attached to an aromatic ring is 1. The zero-order valence-corrected chi connectivity index (χ0v) is 10.6. The Bertz CT molecular complexity index is 550. The lowest BCUT2D eigenvalue weighted by Crippen LogP contribution is -2.26. The van der Waals surface area contributed by atoms with E-state index in [1.807, 2.05) is 10.6 Å². The number of hydrazine groups is 1. The lowest BCUT2D eigenvalue weighted by molar-refractivity contribution is -0.0117. The molecule has 0 aliphatic carbocycles. The Balaban J connectivity index is 1.77. The minimum atomic E-state index is 0.139. The molecule has 1 unspecified atom stereocenters. The Kier molecular flexibility index (Phi) is 3.47. The fourth-order valence-corrected chi connectivity index (χ4v) is 2.18.